The zero-order valence-corrected chi connectivity index (χ0v) is 12.3. The number of benzene rings is 2. The topological polar surface area (TPSA) is 55.0 Å². The van der Waals surface area contributed by atoms with Crippen molar-refractivity contribution in [1.29, 1.82) is 0 Å². The average molecular weight is 294 g/mol. The van der Waals surface area contributed by atoms with E-state index in [-0.39, 0.29) is 12.1 Å². The minimum atomic E-state index is -0.210. The van der Waals surface area contributed by atoms with Gasteiger partial charge < -0.3 is 4.74 Å². The Kier molecular flexibility index (Phi) is 3.29. The predicted octanol–water partition coefficient (Wildman–Crippen LogP) is 4.21. The number of aromatic nitrogens is 2. The fourth-order valence-electron chi connectivity index (χ4n) is 3.27. The maximum Gasteiger partial charge on any atom is 0.338 e. The number of rotatable bonds is 2. The first-order chi connectivity index (χ1) is 10.8. The average Bonchev–Trinajstić information content (AvgIpc) is 3.04. The molecule has 0 spiro atoms. The van der Waals surface area contributed by atoms with Crippen molar-refractivity contribution in [1.82, 2.24) is 10.2 Å². The highest BCUT2D eigenvalue weighted by Gasteiger charge is 2.19. The number of aromatic amines is 1. The molecule has 0 unspecified atom stereocenters. The van der Waals surface area contributed by atoms with Crippen LogP contribution in [0.4, 0.5) is 0 Å². The minimum Gasteiger partial charge on any atom is -0.459 e. The molecule has 4 nitrogen and oxygen atoms in total. The van der Waals surface area contributed by atoms with E-state index in [4.69, 9.17) is 4.74 Å². The molecule has 4 heteroatoms. The molecule has 4 rings (SSSR count). The number of H-pyrrole nitrogens is 1. The van der Waals surface area contributed by atoms with Gasteiger partial charge in [-0.1, -0.05) is 24.6 Å². The molecule has 1 saturated carbocycles. The highest BCUT2D eigenvalue weighted by atomic mass is 16.5. The largest absolute Gasteiger partial charge is 0.459 e. The molecule has 1 fully saturated rings. The molecule has 0 radical (unpaired) electrons. The number of nitrogens with zero attached hydrogens (tertiary/aromatic N) is 1. The molecule has 112 valence electrons. The van der Waals surface area contributed by atoms with Gasteiger partial charge in [0.15, 0.2) is 0 Å². The van der Waals surface area contributed by atoms with E-state index in [1.54, 1.807) is 6.20 Å². The van der Waals surface area contributed by atoms with Gasteiger partial charge in [-0.05, 0) is 43.2 Å². The number of esters is 1. The predicted molar refractivity (Wildman–Crippen MR) is 85.9 cm³/mol. The van der Waals surface area contributed by atoms with Gasteiger partial charge in [0, 0.05) is 10.8 Å². The molecular formula is C18H18N2O2. The van der Waals surface area contributed by atoms with Crippen molar-refractivity contribution in [3.63, 3.8) is 0 Å². The highest BCUT2D eigenvalue weighted by Crippen LogP contribution is 2.26. The summed E-state index contributed by atoms with van der Waals surface area (Å²) < 4.78 is 5.64. The summed E-state index contributed by atoms with van der Waals surface area (Å²) in [7, 11) is 0. The van der Waals surface area contributed by atoms with E-state index >= 15 is 0 Å². The van der Waals surface area contributed by atoms with Crippen LogP contribution in [0.1, 0.15) is 42.5 Å². The molecule has 0 amide bonds. The van der Waals surface area contributed by atoms with Crippen LogP contribution in [0.25, 0.3) is 21.7 Å². The Hall–Kier alpha value is -2.36. The Morgan fingerprint density at radius 3 is 2.77 bits per heavy atom. The summed E-state index contributed by atoms with van der Waals surface area (Å²) in [6.45, 7) is 0. The third kappa shape index (κ3) is 2.34. The second kappa shape index (κ2) is 5.44. The Balaban J connectivity index is 1.64. The van der Waals surface area contributed by atoms with E-state index in [2.05, 4.69) is 10.2 Å². The number of carbonyl (C=O) groups is 1. The lowest BCUT2D eigenvalue weighted by Gasteiger charge is -2.21. The number of ether oxygens (including phenoxy) is 1. The van der Waals surface area contributed by atoms with Gasteiger partial charge >= 0.3 is 5.97 Å². The van der Waals surface area contributed by atoms with Crippen LogP contribution < -0.4 is 0 Å². The Morgan fingerprint density at radius 1 is 1.09 bits per heavy atom. The normalized spacial score (nSPS) is 16.2. The van der Waals surface area contributed by atoms with Gasteiger partial charge in [-0.3, -0.25) is 5.10 Å². The third-order valence-electron chi connectivity index (χ3n) is 4.49. The summed E-state index contributed by atoms with van der Waals surface area (Å²) in [5, 5.41) is 10.3. The van der Waals surface area contributed by atoms with E-state index in [1.807, 2.05) is 30.3 Å². The van der Waals surface area contributed by atoms with Gasteiger partial charge in [0.25, 0.3) is 0 Å². The molecule has 0 saturated heterocycles. The van der Waals surface area contributed by atoms with E-state index in [0.717, 1.165) is 47.4 Å². The first-order valence-corrected chi connectivity index (χ1v) is 7.88. The summed E-state index contributed by atoms with van der Waals surface area (Å²) in [6.07, 6.45) is 7.46. The molecule has 0 aliphatic heterocycles. The molecule has 1 N–H and O–H groups in total. The fourth-order valence-corrected chi connectivity index (χ4v) is 3.27. The number of nitrogens with one attached hydrogen (secondary N) is 1. The smallest absolute Gasteiger partial charge is 0.338 e. The van der Waals surface area contributed by atoms with Gasteiger partial charge in [-0.2, -0.15) is 5.10 Å². The fraction of sp³-hybridized carbons (Fsp3) is 0.333. The first-order valence-electron chi connectivity index (χ1n) is 7.88. The van der Waals surface area contributed by atoms with Crippen LogP contribution in [0.15, 0.2) is 36.5 Å². The van der Waals surface area contributed by atoms with Crippen molar-refractivity contribution in [2.45, 2.75) is 38.2 Å². The Labute approximate surface area is 128 Å². The molecule has 0 atom stereocenters. The van der Waals surface area contributed by atoms with E-state index < -0.39 is 0 Å². The molecule has 0 bridgehead atoms. The van der Waals surface area contributed by atoms with E-state index in [0.29, 0.717) is 5.56 Å². The summed E-state index contributed by atoms with van der Waals surface area (Å²) in [6, 6.07) is 9.74. The standard InChI is InChI=1S/C18H18N2O2/c21-18(22-15-4-2-1-3-5-15)13-8-9-16-12(10-13)6-7-14-11-19-20-17(14)16/h6-11,15H,1-5H2,(H,19,20). The number of fused-ring (bicyclic) bond motifs is 3. The Morgan fingerprint density at radius 2 is 1.91 bits per heavy atom. The minimum absolute atomic E-state index is 0.0898. The molecule has 1 aliphatic rings. The first kappa shape index (κ1) is 13.3. The quantitative estimate of drug-likeness (QED) is 0.720. The van der Waals surface area contributed by atoms with Crippen LogP contribution in [0.2, 0.25) is 0 Å². The van der Waals surface area contributed by atoms with Gasteiger partial charge in [-0.15, -0.1) is 0 Å². The summed E-state index contributed by atoms with van der Waals surface area (Å²) in [5.74, 6) is -0.210. The van der Waals surface area contributed by atoms with E-state index in [1.165, 1.54) is 6.42 Å². The van der Waals surface area contributed by atoms with Crippen molar-refractivity contribution in [2.24, 2.45) is 0 Å². The molecular weight excluding hydrogens is 276 g/mol. The summed E-state index contributed by atoms with van der Waals surface area (Å²) >= 11 is 0. The number of hydrogen-bond donors (Lipinski definition) is 1. The number of carbonyl (C=O) groups excluding carboxylic acids is 1. The SMILES string of the molecule is O=C(OC1CCCCC1)c1ccc2c(ccc3cn[nH]c32)c1. The highest BCUT2D eigenvalue weighted by molar-refractivity contribution is 6.07. The zero-order chi connectivity index (χ0) is 14.9. The van der Waals surface area contributed by atoms with Gasteiger partial charge in [0.1, 0.15) is 6.10 Å². The summed E-state index contributed by atoms with van der Waals surface area (Å²) in [4.78, 5) is 12.3. The lowest BCUT2D eigenvalue weighted by atomic mass is 9.97. The zero-order valence-electron chi connectivity index (χ0n) is 12.3. The lowest BCUT2D eigenvalue weighted by Crippen LogP contribution is -2.20. The summed E-state index contributed by atoms with van der Waals surface area (Å²) in [5.41, 5.74) is 1.63. The molecule has 1 heterocycles. The molecule has 1 aliphatic carbocycles. The van der Waals surface area contributed by atoms with Crippen molar-refractivity contribution in [3.05, 3.63) is 42.1 Å². The van der Waals surface area contributed by atoms with Crippen LogP contribution in [-0.4, -0.2) is 22.3 Å². The molecule has 22 heavy (non-hydrogen) atoms. The van der Waals surface area contributed by atoms with Crippen molar-refractivity contribution in [2.75, 3.05) is 0 Å². The van der Waals surface area contributed by atoms with Gasteiger partial charge in [-0.25, -0.2) is 4.79 Å². The molecule has 3 aromatic rings. The van der Waals surface area contributed by atoms with Crippen LogP contribution in [0.3, 0.4) is 0 Å². The second-order valence-electron chi connectivity index (χ2n) is 6.00. The third-order valence-corrected chi connectivity index (χ3v) is 4.49. The van der Waals surface area contributed by atoms with Crippen molar-refractivity contribution in [3.8, 4) is 0 Å². The van der Waals surface area contributed by atoms with Crippen LogP contribution in [0.5, 0.6) is 0 Å². The lowest BCUT2D eigenvalue weighted by molar-refractivity contribution is 0.0211. The van der Waals surface area contributed by atoms with Crippen molar-refractivity contribution >= 4 is 27.6 Å². The second-order valence-corrected chi connectivity index (χ2v) is 6.00. The molecule has 2 aromatic carbocycles. The maximum absolute atomic E-state index is 12.3. The van der Waals surface area contributed by atoms with E-state index in [9.17, 15) is 4.79 Å². The monoisotopic (exact) mass is 294 g/mol. The van der Waals surface area contributed by atoms with Crippen LogP contribution in [0, 0.1) is 0 Å². The van der Waals surface area contributed by atoms with Crippen LogP contribution in [-0.2, 0) is 4.74 Å². The number of hydrogen-bond acceptors (Lipinski definition) is 3. The maximum atomic E-state index is 12.3. The van der Waals surface area contributed by atoms with Gasteiger partial charge in [0.2, 0.25) is 0 Å². The Bertz CT molecular complexity index is 831. The van der Waals surface area contributed by atoms with Crippen LogP contribution >= 0.6 is 0 Å². The van der Waals surface area contributed by atoms with Gasteiger partial charge in [0.05, 0.1) is 17.3 Å². The molecule has 1 aromatic heterocycles. The van der Waals surface area contributed by atoms with Crippen molar-refractivity contribution < 1.29 is 9.53 Å².